The highest BCUT2D eigenvalue weighted by Gasteiger charge is 2.24. The number of benzene rings is 2. The number of hydrogen-bond donors (Lipinski definition) is 2. The number of fused-ring (bicyclic) bond motifs is 1. The second kappa shape index (κ2) is 8.72. The van der Waals surface area contributed by atoms with Gasteiger partial charge >= 0.3 is 5.97 Å². The first kappa shape index (κ1) is 21.4. The van der Waals surface area contributed by atoms with Crippen LogP contribution in [0.2, 0.25) is 0 Å². The predicted octanol–water partition coefficient (Wildman–Crippen LogP) is 4.96. The van der Waals surface area contributed by atoms with E-state index < -0.39 is 34.3 Å². The molecule has 0 radical (unpaired) electrons. The van der Waals surface area contributed by atoms with Crippen LogP contribution < -0.4 is 10.7 Å². The fourth-order valence-electron chi connectivity index (χ4n) is 3.29. The molecule has 2 N–H and O–H groups in total. The molecule has 6 nitrogen and oxygen atoms in total. The SMILES string of the molecule is CCOC(=O)c1c(-c2ccccc2)csc1NC(=O)c1c[nH]c2cc(F)cc(F)c2c1=O. The monoisotopic (exact) mass is 454 g/mol. The average Bonchev–Trinajstić information content (AvgIpc) is 3.17. The highest BCUT2D eigenvalue weighted by molar-refractivity contribution is 7.15. The largest absolute Gasteiger partial charge is 0.462 e. The van der Waals surface area contributed by atoms with Crippen LogP contribution in [-0.4, -0.2) is 23.5 Å². The van der Waals surface area contributed by atoms with E-state index in [1.807, 2.05) is 30.3 Å². The standard InChI is InChI=1S/C23H16F2N2O4S/c1-2-31-23(30)18-15(12-6-4-3-5-7-12)11-32-22(18)27-21(29)14-10-26-17-9-13(24)8-16(25)19(17)20(14)28/h3-11H,2H2,1H3,(H,26,28)(H,27,29). The van der Waals surface area contributed by atoms with Gasteiger partial charge in [-0.05, 0) is 18.6 Å². The third kappa shape index (κ3) is 3.90. The van der Waals surface area contributed by atoms with Crippen LogP contribution in [0.25, 0.3) is 22.0 Å². The summed E-state index contributed by atoms with van der Waals surface area (Å²) in [6.07, 6.45) is 1.08. The van der Waals surface area contributed by atoms with Gasteiger partial charge in [0.25, 0.3) is 5.91 Å². The Hall–Kier alpha value is -3.85. The molecular weight excluding hydrogens is 438 g/mol. The molecule has 0 saturated heterocycles. The van der Waals surface area contributed by atoms with Gasteiger partial charge in [0.1, 0.15) is 27.8 Å². The Morgan fingerprint density at radius 2 is 1.91 bits per heavy atom. The Kier molecular flexibility index (Phi) is 5.83. The van der Waals surface area contributed by atoms with E-state index in [1.165, 1.54) is 0 Å². The number of pyridine rings is 1. The molecule has 0 unspecified atom stereocenters. The van der Waals surface area contributed by atoms with Crippen molar-refractivity contribution < 1.29 is 23.1 Å². The number of H-pyrrole nitrogens is 1. The smallest absolute Gasteiger partial charge is 0.341 e. The predicted molar refractivity (Wildman–Crippen MR) is 118 cm³/mol. The van der Waals surface area contributed by atoms with Crippen molar-refractivity contribution in [2.24, 2.45) is 0 Å². The van der Waals surface area contributed by atoms with Crippen molar-refractivity contribution >= 4 is 39.1 Å². The van der Waals surface area contributed by atoms with Crippen LogP contribution in [0.15, 0.2) is 58.8 Å². The maximum atomic E-state index is 14.2. The van der Waals surface area contributed by atoms with Gasteiger partial charge in [0.05, 0.1) is 17.5 Å². The molecule has 4 rings (SSSR count). The lowest BCUT2D eigenvalue weighted by Crippen LogP contribution is -2.23. The van der Waals surface area contributed by atoms with E-state index in [4.69, 9.17) is 4.74 Å². The lowest BCUT2D eigenvalue weighted by atomic mass is 10.0. The molecule has 2 aromatic heterocycles. The highest BCUT2D eigenvalue weighted by Crippen LogP contribution is 2.36. The zero-order valence-corrected chi connectivity index (χ0v) is 17.5. The van der Waals surface area contributed by atoms with E-state index in [9.17, 15) is 23.2 Å². The first-order valence-corrected chi connectivity index (χ1v) is 10.4. The summed E-state index contributed by atoms with van der Waals surface area (Å²) < 4.78 is 32.7. The summed E-state index contributed by atoms with van der Waals surface area (Å²) in [5.74, 6) is -3.40. The number of carbonyl (C=O) groups is 2. The minimum atomic E-state index is -1.08. The summed E-state index contributed by atoms with van der Waals surface area (Å²) in [5, 5.41) is 4.01. The molecule has 0 bridgehead atoms. The molecular formula is C23H16F2N2O4S. The van der Waals surface area contributed by atoms with Crippen molar-refractivity contribution in [3.8, 4) is 11.1 Å². The topological polar surface area (TPSA) is 88.3 Å². The summed E-state index contributed by atoms with van der Waals surface area (Å²) in [6.45, 7) is 1.80. The minimum absolute atomic E-state index is 0.0706. The summed E-state index contributed by atoms with van der Waals surface area (Å²) in [5.41, 5.74) is 0.123. The summed E-state index contributed by atoms with van der Waals surface area (Å²) in [7, 11) is 0. The van der Waals surface area contributed by atoms with Crippen molar-refractivity contribution in [2.45, 2.75) is 6.92 Å². The molecule has 0 aliphatic rings. The molecule has 0 atom stereocenters. The van der Waals surface area contributed by atoms with E-state index in [-0.39, 0.29) is 28.3 Å². The molecule has 2 aromatic carbocycles. The lowest BCUT2D eigenvalue weighted by Gasteiger charge is -2.09. The van der Waals surface area contributed by atoms with Gasteiger partial charge in [-0.1, -0.05) is 30.3 Å². The van der Waals surface area contributed by atoms with E-state index >= 15 is 0 Å². The van der Waals surface area contributed by atoms with Crippen molar-refractivity contribution in [1.29, 1.82) is 0 Å². The number of ether oxygens (including phenoxy) is 1. The Balaban J connectivity index is 1.75. The Labute approximate surface area is 184 Å². The van der Waals surface area contributed by atoms with E-state index in [2.05, 4.69) is 10.3 Å². The van der Waals surface area contributed by atoms with Crippen LogP contribution in [0.4, 0.5) is 13.8 Å². The second-order valence-corrected chi connectivity index (χ2v) is 7.62. The van der Waals surface area contributed by atoms with Gasteiger partial charge in [0, 0.05) is 23.2 Å². The van der Waals surface area contributed by atoms with Gasteiger partial charge in [0.15, 0.2) is 0 Å². The van der Waals surface area contributed by atoms with Crippen molar-refractivity contribution in [2.75, 3.05) is 11.9 Å². The number of thiophene rings is 1. The average molecular weight is 454 g/mol. The quantitative estimate of drug-likeness (QED) is 0.417. The van der Waals surface area contributed by atoms with Crippen molar-refractivity contribution in [1.82, 2.24) is 4.98 Å². The van der Waals surface area contributed by atoms with E-state index in [0.717, 1.165) is 29.2 Å². The van der Waals surface area contributed by atoms with Gasteiger partial charge < -0.3 is 15.0 Å². The van der Waals surface area contributed by atoms with Crippen LogP contribution in [0.5, 0.6) is 0 Å². The Morgan fingerprint density at radius 1 is 1.16 bits per heavy atom. The van der Waals surface area contributed by atoms with Gasteiger partial charge in [0.2, 0.25) is 5.43 Å². The van der Waals surface area contributed by atoms with Gasteiger partial charge in [-0.2, -0.15) is 0 Å². The number of aromatic amines is 1. The third-order valence-corrected chi connectivity index (χ3v) is 5.62. The maximum absolute atomic E-state index is 14.2. The number of hydrogen-bond acceptors (Lipinski definition) is 5. The Morgan fingerprint density at radius 3 is 2.62 bits per heavy atom. The summed E-state index contributed by atoms with van der Waals surface area (Å²) in [4.78, 5) is 40.8. The van der Waals surface area contributed by atoms with Crippen LogP contribution in [-0.2, 0) is 4.74 Å². The van der Waals surface area contributed by atoms with Gasteiger partial charge in [-0.3, -0.25) is 9.59 Å². The van der Waals surface area contributed by atoms with Crippen LogP contribution in [0, 0.1) is 11.6 Å². The fraction of sp³-hybridized carbons (Fsp3) is 0.0870. The van der Waals surface area contributed by atoms with Crippen LogP contribution in [0.3, 0.4) is 0 Å². The maximum Gasteiger partial charge on any atom is 0.341 e. The number of nitrogens with one attached hydrogen (secondary N) is 2. The molecule has 0 saturated carbocycles. The highest BCUT2D eigenvalue weighted by atomic mass is 32.1. The first-order valence-electron chi connectivity index (χ1n) is 9.56. The summed E-state index contributed by atoms with van der Waals surface area (Å²) >= 11 is 1.09. The number of amides is 1. The van der Waals surface area contributed by atoms with Gasteiger partial charge in [-0.15, -0.1) is 11.3 Å². The van der Waals surface area contributed by atoms with Gasteiger partial charge in [-0.25, -0.2) is 13.6 Å². The molecule has 32 heavy (non-hydrogen) atoms. The molecule has 0 aliphatic heterocycles. The molecule has 0 aliphatic carbocycles. The van der Waals surface area contributed by atoms with E-state index in [0.29, 0.717) is 11.6 Å². The number of carbonyl (C=O) groups excluding carboxylic acids is 2. The number of anilines is 1. The molecule has 9 heteroatoms. The minimum Gasteiger partial charge on any atom is -0.462 e. The molecule has 2 heterocycles. The third-order valence-electron chi connectivity index (χ3n) is 4.73. The van der Waals surface area contributed by atoms with Crippen molar-refractivity contribution in [3.05, 3.63) is 87.0 Å². The zero-order chi connectivity index (χ0) is 22.8. The second-order valence-electron chi connectivity index (χ2n) is 6.74. The molecule has 162 valence electrons. The molecule has 1 amide bonds. The van der Waals surface area contributed by atoms with Crippen LogP contribution in [0.1, 0.15) is 27.6 Å². The van der Waals surface area contributed by atoms with Crippen LogP contribution >= 0.6 is 11.3 Å². The molecule has 0 fully saturated rings. The molecule has 4 aromatic rings. The fourth-order valence-corrected chi connectivity index (χ4v) is 4.25. The Bertz CT molecular complexity index is 1400. The zero-order valence-electron chi connectivity index (χ0n) is 16.7. The number of rotatable bonds is 5. The van der Waals surface area contributed by atoms with Crippen molar-refractivity contribution in [3.63, 3.8) is 0 Å². The molecule has 0 spiro atoms. The lowest BCUT2D eigenvalue weighted by molar-refractivity contribution is 0.0529. The number of aromatic nitrogens is 1. The first-order chi connectivity index (χ1) is 15.4. The normalized spacial score (nSPS) is 10.8. The summed E-state index contributed by atoms with van der Waals surface area (Å²) in [6, 6.07) is 10.6. The van der Waals surface area contributed by atoms with E-state index in [1.54, 1.807) is 12.3 Å². The number of halogens is 2. The number of esters is 1.